The molecule has 1 atom stereocenters. The highest BCUT2D eigenvalue weighted by Crippen LogP contribution is 2.19. The lowest BCUT2D eigenvalue weighted by atomic mass is 9.96. The zero-order valence-electron chi connectivity index (χ0n) is 16.2. The van der Waals surface area contributed by atoms with Crippen LogP contribution in [0, 0.1) is 17.7 Å². The van der Waals surface area contributed by atoms with Gasteiger partial charge in [-0.2, -0.15) is 0 Å². The van der Waals surface area contributed by atoms with Crippen LogP contribution >= 0.6 is 0 Å². The van der Waals surface area contributed by atoms with Crippen molar-refractivity contribution in [2.45, 2.75) is 39.5 Å². The summed E-state index contributed by atoms with van der Waals surface area (Å²) in [5.41, 5.74) is 0.751. The number of nitrogens with zero attached hydrogens (tertiary/aromatic N) is 2. The van der Waals surface area contributed by atoms with Crippen LogP contribution in [0.5, 0.6) is 0 Å². The molecule has 0 N–H and O–H groups in total. The maximum atomic E-state index is 13.8. The number of halogens is 1. The summed E-state index contributed by atoms with van der Waals surface area (Å²) >= 11 is 0. The molecule has 0 aromatic heterocycles. The number of hydrogen-bond acceptors (Lipinski definition) is 3. The van der Waals surface area contributed by atoms with Gasteiger partial charge in [-0.25, -0.2) is 4.39 Å². The number of ketones is 1. The van der Waals surface area contributed by atoms with Crippen molar-refractivity contribution < 1.29 is 14.0 Å². The predicted molar refractivity (Wildman–Crippen MR) is 101 cm³/mol. The fourth-order valence-corrected chi connectivity index (χ4v) is 3.62. The first-order valence-electron chi connectivity index (χ1n) is 9.61. The molecule has 1 saturated heterocycles. The third-order valence-electron chi connectivity index (χ3n) is 4.97. The number of piperidine rings is 1. The summed E-state index contributed by atoms with van der Waals surface area (Å²) < 4.78 is 13.8. The van der Waals surface area contributed by atoms with Gasteiger partial charge >= 0.3 is 0 Å². The molecule has 0 spiro atoms. The van der Waals surface area contributed by atoms with E-state index in [1.54, 1.807) is 18.0 Å². The molecule has 26 heavy (non-hydrogen) atoms. The molecule has 0 radical (unpaired) electrons. The van der Waals surface area contributed by atoms with Crippen LogP contribution < -0.4 is 0 Å². The molecule has 1 aliphatic rings. The van der Waals surface area contributed by atoms with E-state index in [2.05, 4.69) is 4.90 Å². The highest BCUT2D eigenvalue weighted by Gasteiger charge is 2.25. The number of carbonyl (C=O) groups excluding carboxylic acids is 2. The first-order valence-corrected chi connectivity index (χ1v) is 9.61. The molecule has 0 saturated carbocycles. The van der Waals surface area contributed by atoms with Crippen LogP contribution in [0.15, 0.2) is 24.3 Å². The summed E-state index contributed by atoms with van der Waals surface area (Å²) in [6.45, 7) is 7.22. The molecule has 1 aliphatic heterocycles. The molecular weight excluding hydrogens is 331 g/mol. The van der Waals surface area contributed by atoms with Crippen molar-refractivity contribution in [2.24, 2.45) is 11.8 Å². The Balaban J connectivity index is 1.81. The first kappa shape index (κ1) is 20.6. The van der Waals surface area contributed by atoms with Crippen LogP contribution in [-0.2, 0) is 16.0 Å². The second kappa shape index (κ2) is 9.81. The van der Waals surface area contributed by atoms with Gasteiger partial charge in [-0.15, -0.1) is 0 Å². The van der Waals surface area contributed by atoms with Crippen molar-refractivity contribution in [3.8, 4) is 0 Å². The summed E-state index contributed by atoms with van der Waals surface area (Å²) in [7, 11) is 1.72. The van der Waals surface area contributed by atoms with Gasteiger partial charge < -0.3 is 9.80 Å². The van der Waals surface area contributed by atoms with E-state index in [1.165, 1.54) is 6.07 Å². The summed E-state index contributed by atoms with van der Waals surface area (Å²) in [6, 6.07) is 6.92. The quantitative estimate of drug-likeness (QED) is 0.667. The maximum Gasteiger partial charge on any atom is 0.289 e. The Morgan fingerprint density at radius 1 is 1.31 bits per heavy atom. The van der Waals surface area contributed by atoms with Crippen molar-refractivity contribution in [1.29, 1.82) is 0 Å². The Hall–Kier alpha value is -1.75. The van der Waals surface area contributed by atoms with Crippen LogP contribution in [0.1, 0.15) is 38.7 Å². The predicted octanol–water partition coefficient (Wildman–Crippen LogP) is 3.15. The fraction of sp³-hybridized carbons (Fsp3) is 0.619. The lowest BCUT2D eigenvalue weighted by Gasteiger charge is -2.34. The van der Waals surface area contributed by atoms with Gasteiger partial charge in [0.2, 0.25) is 5.78 Å². The van der Waals surface area contributed by atoms with Crippen molar-refractivity contribution in [1.82, 2.24) is 9.80 Å². The zero-order valence-corrected chi connectivity index (χ0v) is 16.2. The number of benzene rings is 1. The van der Waals surface area contributed by atoms with Gasteiger partial charge in [0.05, 0.1) is 0 Å². The number of rotatable bonds is 8. The number of likely N-dealkylation sites (tertiary alicyclic amines) is 1. The summed E-state index contributed by atoms with van der Waals surface area (Å²) in [4.78, 5) is 28.1. The monoisotopic (exact) mass is 362 g/mol. The molecule has 5 heteroatoms. The fourth-order valence-electron chi connectivity index (χ4n) is 3.62. The minimum atomic E-state index is -0.373. The second-order valence-corrected chi connectivity index (χ2v) is 7.86. The van der Waals surface area contributed by atoms with Crippen LogP contribution in [-0.4, -0.2) is 54.7 Å². The standard InChI is InChI=1S/C21H31FN2O2/c1-16(2)13-20(25)21(26)23(3)14-17-7-6-11-24(15-17)12-10-18-8-4-5-9-19(18)22/h4-5,8-9,16-17H,6-7,10-15H2,1-3H3/t17-/m0/s1. The van der Waals surface area contributed by atoms with Gasteiger partial charge in [-0.1, -0.05) is 32.0 Å². The van der Waals surface area contributed by atoms with E-state index in [0.717, 1.165) is 38.0 Å². The van der Waals surface area contributed by atoms with Crippen molar-refractivity contribution in [3.05, 3.63) is 35.6 Å². The average molecular weight is 362 g/mol. The van der Waals surface area contributed by atoms with Crippen LogP contribution in [0.2, 0.25) is 0 Å². The topological polar surface area (TPSA) is 40.6 Å². The molecule has 1 aromatic rings. The number of Topliss-reactive ketones (excluding diaryl/α,β-unsaturated/α-hetero) is 1. The third-order valence-corrected chi connectivity index (χ3v) is 4.97. The summed E-state index contributed by atoms with van der Waals surface area (Å²) in [5.74, 6) is -0.250. The minimum absolute atomic E-state index is 0.143. The van der Waals surface area contributed by atoms with Crippen LogP contribution in [0.3, 0.4) is 0 Å². The molecule has 1 fully saturated rings. The van der Waals surface area contributed by atoms with Gasteiger partial charge in [-0.3, -0.25) is 9.59 Å². The average Bonchev–Trinajstić information content (AvgIpc) is 2.60. The molecule has 0 aliphatic carbocycles. The Kier molecular flexibility index (Phi) is 7.76. The van der Waals surface area contributed by atoms with Gasteiger partial charge in [0.25, 0.3) is 5.91 Å². The van der Waals surface area contributed by atoms with E-state index in [4.69, 9.17) is 0 Å². The minimum Gasteiger partial charge on any atom is -0.339 e. The highest BCUT2D eigenvalue weighted by molar-refractivity contribution is 6.36. The Morgan fingerprint density at radius 3 is 2.73 bits per heavy atom. The van der Waals surface area contributed by atoms with E-state index >= 15 is 0 Å². The molecule has 2 rings (SSSR count). The molecular formula is C21H31FN2O2. The van der Waals surface area contributed by atoms with Gasteiger partial charge in [0.15, 0.2) is 0 Å². The van der Waals surface area contributed by atoms with Crippen molar-refractivity contribution >= 4 is 11.7 Å². The van der Waals surface area contributed by atoms with Crippen LogP contribution in [0.25, 0.3) is 0 Å². The molecule has 4 nitrogen and oxygen atoms in total. The lowest BCUT2D eigenvalue weighted by molar-refractivity contribution is -0.144. The van der Waals surface area contributed by atoms with E-state index < -0.39 is 0 Å². The molecule has 0 bridgehead atoms. The normalized spacial score (nSPS) is 18.1. The Bertz CT molecular complexity index is 618. The number of hydrogen-bond donors (Lipinski definition) is 0. The SMILES string of the molecule is CC(C)CC(=O)C(=O)N(C)C[C@@H]1CCCN(CCc2ccccc2F)C1. The zero-order chi connectivity index (χ0) is 19.1. The first-order chi connectivity index (χ1) is 12.4. The van der Waals surface area contributed by atoms with Crippen molar-refractivity contribution in [2.75, 3.05) is 33.2 Å². The highest BCUT2D eigenvalue weighted by atomic mass is 19.1. The molecule has 144 valence electrons. The van der Waals surface area contributed by atoms with Gasteiger partial charge in [-0.05, 0) is 49.3 Å². The van der Waals surface area contributed by atoms with Gasteiger partial charge in [0.1, 0.15) is 5.82 Å². The summed E-state index contributed by atoms with van der Waals surface area (Å²) in [6.07, 6.45) is 3.14. The number of likely N-dealkylation sites (N-methyl/N-ethyl adjacent to an activating group) is 1. The van der Waals surface area contributed by atoms with Gasteiger partial charge in [0, 0.05) is 33.1 Å². The van der Waals surface area contributed by atoms with E-state index in [1.807, 2.05) is 26.0 Å². The van der Waals surface area contributed by atoms with E-state index in [0.29, 0.717) is 25.3 Å². The largest absolute Gasteiger partial charge is 0.339 e. The molecule has 1 amide bonds. The number of amides is 1. The van der Waals surface area contributed by atoms with Crippen LogP contribution in [0.4, 0.5) is 4.39 Å². The second-order valence-electron chi connectivity index (χ2n) is 7.86. The van der Waals surface area contributed by atoms with Crippen molar-refractivity contribution in [3.63, 3.8) is 0 Å². The number of carbonyl (C=O) groups is 2. The lowest BCUT2D eigenvalue weighted by Crippen LogP contribution is -2.43. The maximum absolute atomic E-state index is 13.8. The third kappa shape index (κ3) is 6.20. The molecule has 1 heterocycles. The van der Waals surface area contributed by atoms with E-state index in [9.17, 15) is 14.0 Å². The van der Waals surface area contributed by atoms with E-state index in [-0.39, 0.29) is 23.4 Å². The summed E-state index contributed by atoms with van der Waals surface area (Å²) in [5, 5.41) is 0. The Labute approximate surface area is 156 Å². The molecule has 0 unspecified atom stereocenters. The molecule has 1 aromatic carbocycles. The smallest absolute Gasteiger partial charge is 0.289 e. The Morgan fingerprint density at radius 2 is 2.04 bits per heavy atom.